The summed E-state index contributed by atoms with van der Waals surface area (Å²) in [6, 6.07) is 15.3. The Morgan fingerprint density at radius 1 is 1.04 bits per heavy atom. The quantitative estimate of drug-likeness (QED) is 0.941. The maximum absolute atomic E-state index is 12.5. The molecule has 1 heterocycles. The zero-order chi connectivity index (χ0) is 17.1. The predicted molar refractivity (Wildman–Crippen MR) is 95.0 cm³/mol. The highest BCUT2D eigenvalue weighted by Crippen LogP contribution is 2.22. The zero-order valence-corrected chi connectivity index (χ0v) is 14.1. The Morgan fingerprint density at radius 2 is 1.62 bits per heavy atom. The van der Waals surface area contributed by atoms with Crippen molar-refractivity contribution in [2.24, 2.45) is 0 Å². The number of aryl methyl sites for hydroxylation is 2. The summed E-state index contributed by atoms with van der Waals surface area (Å²) in [6.07, 6.45) is 0.945. The fraction of sp³-hybridized carbons (Fsp3) is 0.300. The summed E-state index contributed by atoms with van der Waals surface area (Å²) < 4.78 is 0. The van der Waals surface area contributed by atoms with Crippen molar-refractivity contribution in [3.8, 4) is 0 Å². The van der Waals surface area contributed by atoms with Gasteiger partial charge in [0, 0.05) is 12.2 Å². The highest BCUT2D eigenvalue weighted by atomic mass is 16.2. The van der Waals surface area contributed by atoms with Crippen LogP contribution in [0.5, 0.6) is 0 Å². The van der Waals surface area contributed by atoms with Crippen LogP contribution >= 0.6 is 0 Å². The van der Waals surface area contributed by atoms with Crippen molar-refractivity contribution in [3.05, 3.63) is 65.2 Å². The van der Waals surface area contributed by atoms with Crippen LogP contribution in [0.4, 0.5) is 5.69 Å². The minimum Gasteiger partial charge on any atom is -0.344 e. The maximum atomic E-state index is 12.5. The number of hydrogen-bond donors (Lipinski definition) is 1. The van der Waals surface area contributed by atoms with Gasteiger partial charge in [0.25, 0.3) is 0 Å². The van der Waals surface area contributed by atoms with Gasteiger partial charge in [-0.2, -0.15) is 0 Å². The van der Waals surface area contributed by atoms with E-state index in [1.165, 1.54) is 5.56 Å². The molecule has 24 heavy (non-hydrogen) atoms. The first-order chi connectivity index (χ1) is 11.5. The van der Waals surface area contributed by atoms with Crippen LogP contribution in [0, 0.1) is 13.8 Å². The van der Waals surface area contributed by atoms with E-state index in [9.17, 15) is 9.59 Å². The second kappa shape index (κ2) is 6.87. The van der Waals surface area contributed by atoms with Crippen molar-refractivity contribution in [2.45, 2.75) is 32.7 Å². The van der Waals surface area contributed by atoms with Gasteiger partial charge in [-0.15, -0.1) is 0 Å². The summed E-state index contributed by atoms with van der Waals surface area (Å²) in [5.41, 5.74) is 4.17. The molecule has 1 aliphatic heterocycles. The van der Waals surface area contributed by atoms with Gasteiger partial charge in [-0.3, -0.25) is 9.59 Å². The number of hydrogen-bond acceptors (Lipinski definition) is 2. The molecule has 2 aromatic carbocycles. The van der Waals surface area contributed by atoms with E-state index >= 15 is 0 Å². The molecule has 1 aliphatic rings. The number of carbonyl (C=O) groups is 2. The molecule has 0 spiro atoms. The summed E-state index contributed by atoms with van der Waals surface area (Å²) in [6.45, 7) is 4.67. The van der Waals surface area contributed by atoms with E-state index < -0.39 is 6.04 Å². The Morgan fingerprint density at radius 3 is 2.25 bits per heavy atom. The number of anilines is 1. The van der Waals surface area contributed by atoms with Crippen molar-refractivity contribution >= 4 is 17.5 Å². The lowest BCUT2D eigenvalue weighted by atomic mass is 10.1. The van der Waals surface area contributed by atoms with Crippen molar-refractivity contribution in [2.75, 3.05) is 11.4 Å². The molecule has 0 unspecified atom stereocenters. The molecule has 124 valence electrons. The van der Waals surface area contributed by atoms with Crippen molar-refractivity contribution < 1.29 is 9.59 Å². The van der Waals surface area contributed by atoms with Gasteiger partial charge < -0.3 is 10.2 Å². The Balaban J connectivity index is 1.60. The molecular weight excluding hydrogens is 300 g/mol. The van der Waals surface area contributed by atoms with Gasteiger partial charge in [0.15, 0.2) is 0 Å². The van der Waals surface area contributed by atoms with Crippen LogP contribution in [0.25, 0.3) is 0 Å². The average molecular weight is 322 g/mol. The lowest BCUT2D eigenvalue weighted by Gasteiger charge is -2.17. The van der Waals surface area contributed by atoms with Gasteiger partial charge in [-0.1, -0.05) is 47.5 Å². The molecule has 4 nitrogen and oxygen atoms in total. The van der Waals surface area contributed by atoms with Gasteiger partial charge in [0.05, 0.1) is 6.42 Å². The van der Waals surface area contributed by atoms with Crippen LogP contribution in [-0.2, 0) is 16.0 Å². The Labute approximate surface area is 142 Å². The van der Waals surface area contributed by atoms with E-state index in [1.807, 2.05) is 62.4 Å². The van der Waals surface area contributed by atoms with E-state index in [4.69, 9.17) is 0 Å². The number of nitrogens with zero attached hydrogens (tertiary/aromatic N) is 1. The second-order valence-corrected chi connectivity index (χ2v) is 6.40. The third kappa shape index (κ3) is 3.65. The second-order valence-electron chi connectivity index (χ2n) is 6.40. The smallest absolute Gasteiger partial charge is 0.249 e. The molecule has 0 saturated carbocycles. The highest BCUT2D eigenvalue weighted by Gasteiger charge is 2.33. The number of amides is 2. The van der Waals surface area contributed by atoms with E-state index in [0.717, 1.165) is 16.8 Å². The Kier molecular flexibility index (Phi) is 4.65. The minimum absolute atomic E-state index is 0.0314. The van der Waals surface area contributed by atoms with E-state index in [1.54, 1.807) is 4.90 Å². The number of rotatable bonds is 4. The molecule has 3 rings (SSSR count). The summed E-state index contributed by atoms with van der Waals surface area (Å²) in [7, 11) is 0. The Hall–Kier alpha value is -2.62. The molecule has 1 atom stereocenters. The van der Waals surface area contributed by atoms with Gasteiger partial charge in [0.1, 0.15) is 6.04 Å². The number of carbonyl (C=O) groups excluding carboxylic acids is 2. The molecule has 0 aromatic heterocycles. The summed E-state index contributed by atoms with van der Waals surface area (Å²) >= 11 is 0. The first kappa shape index (κ1) is 16.2. The minimum atomic E-state index is -0.427. The normalized spacial score (nSPS) is 17.2. The first-order valence-corrected chi connectivity index (χ1v) is 8.26. The molecular formula is C20H22N2O2. The van der Waals surface area contributed by atoms with Crippen LogP contribution in [0.2, 0.25) is 0 Å². The molecule has 2 aromatic rings. The van der Waals surface area contributed by atoms with E-state index in [0.29, 0.717) is 19.4 Å². The van der Waals surface area contributed by atoms with Crippen LogP contribution in [0.15, 0.2) is 48.5 Å². The van der Waals surface area contributed by atoms with Crippen molar-refractivity contribution in [3.63, 3.8) is 0 Å². The number of nitrogens with one attached hydrogen (secondary N) is 1. The van der Waals surface area contributed by atoms with E-state index in [-0.39, 0.29) is 11.8 Å². The number of benzene rings is 2. The van der Waals surface area contributed by atoms with Crippen LogP contribution in [-0.4, -0.2) is 24.4 Å². The molecule has 4 heteroatoms. The summed E-state index contributed by atoms with van der Waals surface area (Å²) in [5, 5.41) is 2.87. The predicted octanol–water partition coefficient (Wildman–Crippen LogP) is 2.77. The summed E-state index contributed by atoms with van der Waals surface area (Å²) in [4.78, 5) is 26.5. The molecule has 1 fully saturated rings. The van der Waals surface area contributed by atoms with Crippen LogP contribution < -0.4 is 10.2 Å². The molecule has 0 bridgehead atoms. The SMILES string of the molecule is Cc1ccc(CC(=O)N[C@H]2CCN(c3ccc(C)cc3)C2=O)cc1. The van der Waals surface area contributed by atoms with Gasteiger partial charge in [-0.25, -0.2) is 0 Å². The lowest BCUT2D eigenvalue weighted by Crippen LogP contribution is -2.42. The first-order valence-electron chi connectivity index (χ1n) is 8.26. The fourth-order valence-electron chi connectivity index (χ4n) is 2.93. The lowest BCUT2D eigenvalue weighted by molar-refractivity contribution is -0.126. The third-order valence-corrected chi connectivity index (χ3v) is 4.37. The standard InChI is InChI=1S/C20H22N2O2/c1-14-3-7-16(8-4-14)13-19(23)21-18-11-12-22(20(18)24)17-9-5-15(2)6-10-17/h3-10,18H,11-13H2,1-2H3,(H,21,23)/t18-/m0/s1. The fourth-order valence-corrected chi connectivity index (χ4v) is 2.93. The van der Waals surface area contributed by atoms with Gasteiger partial charge >= 0.3 is 0 Å². The molecule has 0 radical (unpaired) electrons. The maximum Gasteiger partial charge on any atom is 0.249 e. The van der Waals surface area contributed by atoms with Crippen molar-refractivity contribution in [1.29, 1.82) is 0 Å². The van der Waals surface area contributed by atoms with E-state index in [2.05, 4.69) is 5.32 Å². The molecule has 0 aliphatic carbocycles. The van der Waals surface area contributed by atoms with Gasteiger partial charge in [0.2, 0.25) is 11.8 Å². The molecule has 1 saturated heterocycles. The molecule has 2 amide bonds. The topological polar surface area (TPSA) is 49.4 Å². The Bertz CT molecular complexity index is 735. The van der Waals surface area contributed by atoms with Crippen LogP contribution in [0.1, 0.15) is 23.1 Å². The van der Waals surface area contributed by atoms with Crippen LogP contribution in [0.3, 0.4) is 0 Å². The monoisotopic (exact) mass is 322 g/mol. The van der Waals surface area contributed by atoms with Crippen molar-refractivity contribution in [1.82, 2.24) is 5.32 Å². The van der Waals surface area contributed by atoms with Gasteiger partial charge in [-0.05, 0) is 38.0 Å². The molecule has 1 N–H and O–H groups in total. The zero-order valence-electron chi connectivity index (χ0n) is 14.1. The average Bonchev–Trinajstić information content (AvgIpc) is 2.91. The third-order valence-electron chi connectivity index (χ3n) is 4.37. The highest BCUT2D eigenvalue weighted by molar-refractivity contribution is 6.01. The largest absolute Gasteiger partial charge is 0.344 e. The summed E-state index contributed by atoms with van der Waals surface area (Å²) in [5.74, 6) is -0.140.